The highest BCUT2D eigenvalue weighted by Crippen LogP contribution is 2.31. The van der Waals surface area contributed by atoms with Crippen LogP contribution in [0.5, 0.6) is 5.75 Å². The maximum atomic E-state index is 15.5. The van der Waals surface area contributed by atoms with Crippen molar-refractivity contribution in [1.29, 1.82) is 0 Å². The van der Waals surface area contributed by atoms with E-state index in [0.717, 1.165) is 42.1 Å². The molecule has 3 aromatic rings. The van der Waals surface area contributed by atoms with Crippen molar-refractivity contribution < 1.29 is 44.6 Å². The van der Waals surface area contributed by atoms with Gasteiger partial charge in [-0.05, 0) is 37.0 Å². The first-order valence-corrected chi connectivity index (χ1v) is 17.2. The molecule has 2 fully saturated rings. The number of likely N-dealkylation sites (tertiary alicyclic amines) is 1. The summed E-state index contributed by atoms with van der Waals surface area (Å²) in [6.45, 7) is 2.31. The van der Waals surface area contributed by atoms with Gasteiger partial charge in [0.2, 0.25) is 0 Å². The van der Waals surface area contributed by atoms with Gasteiger partial charge < -0.3 is 24.7 Å². The van der Waals surface area contributed by atoms with E-state index in [1.807, 2.05) is 6.92 Å². The zero-order valence-electron chi connectivity index (χ0n) is 26.5. The predicted octanol–water partition coefficient (Wildman–Crippen LogP) is 4.18. The average Bonchev–Trinajstić information content (AvgIpc) is 3.41. The smallest absolute Gasteiger partial charge is 0.406 e. The summed E-state index contributed by atoms with van der Waals surface area (Å²) in [7, 11) is -2.61. The molecule has 3 heterocycles. The molecule has 2 saturated heterocycles. The molecule has 0 unspecified atom stereocenters. The molecule has 260 valence electrons. The summed E-state index contributed by atoms with van der Waals surface area (Å²) < 4.78 is 105. The first-order valence-electron chi connectivity index (χ1n) is 15.3. The highest BCUT2D eigenvalue weighted by atomic mass is 32.2. The second-order valence-corrected chi connectivity index (χ2v) is 14.1. The van der Waals surface area contributed by atoms with Gasteiger partial charge in [-0.15, -0.1) is 0 Å². The van der Waals surface area contributed by atoms with Gasteiger partial charge >= 0.3 is 6.18 Å². The van der Waals surface area contributed by atoms with E-state index in [1.54, 1.807) is 0 Å². The molecule has 1 aromatic heterocycles. The largest absolute Gasteiger partial charge is 0.494 e. The minimum absolute atomic E-state index is 0.00693. The van der Waals surface area contributed by atoms with Gasteiger partial charge in [0.05, 0.1) is 42.8 Å². The normalized spacial score (nSPS) is 21.0. The number of methoxy groups -OCH3 is 1. The summed E-state index contributed by atoms with van der Waals surface area (Å²) >= 11 is 0. The van der Waals surface area contributed by atoms with Crippen LogP contribution in [-0.4, -0.2) is 99.4 Å². The second kappa shape index (κ2) is 14.3. The highest BCUT2D eigenvalue weighted by Gasteiger charge is 2.39. The number of amides is 1. The fourth-order valence-electron chi connectivity index (χ4n) is 6.20. The van der Waals surface area contributed by atoms with Crippen LogP contribution in [0.3, 0.4) is 0 Å². The van der Waals surface area contributed by atoms with Crippen LogP contribution in [0.1, 0.15) is 35.7 Å². The molecule has 48 heavy (non-hydrogen) atoms. The van der Waals surface area contributed by atoms with Crippen molar-refractivity contribution in [2.75, 3.05) is 51.5 Å². The number of hydrogen-bond acceptors (Lipinski definition) is 8. The Labute approximate surface area is 274 Å². The Bertz CT molecular complexity index is 1820. The van der Waals surface area contributed by atoms with Gasteiger partial charge in [-0.3, -0.25) is 9.69 Å². The van der Waals surface area contributed by atoms with Crippen molar-refractivity contribution in [3.8, 4) is 17.6 Å². The van der Waals surface area contributed by atoms with Crippen molar-refractivity contribution in [1.82, 2.24) is 19.8 Å². The van der Waals surface area contributed by atoms with Crippen LogP contribution < -0.4 is 15.4 Å². The number of imidazole rings is 1. The number of ether oxygens (including phenoxy) is 2. The average molecular weight is 698 g/mol. The van der Waals surface area contributed by atoms with Crippen LogP contribution in [0.2, 0.25) is 0 Å². The van der Waals surface area contributed by atoms with Gasteiger partial charge in [-0.2, -0.15) is 13.2 Å². The quantitative estimate of drug-likeness (QED) is 0.267. The van der Waals surface area contributed by atoms with Gasteiger partial charge in [-0.25, -0.2) is 22.2 Å². The molecule has 5 rings (SSSR count). The first-order chi connectivity index (χ1) is 22.6. The van der Waals surface area contributed by atoms with Crippen molar-refractivity contribution in [3.05, 3.63) is 47.5 Å². The van der Waals surface area contributed by atoms with Crippen LogP contribution in [0, 0.1) is 23.6 Å². The minimum Gasteiger partial charge on any atom is -0.494 e. The van der Waals surface area contributed by atoms with Crippen molar-refractivity contribution >= 4 is 32.5 Å². The van der Waals surface area contributed by atoms with E-state index in [4.69, 9.17) is 9.47 Å². The number of nitrogens with one attached hydrogen (secondary N) is 2. The van der Waals surface area contributed by atoms with Crippen molar-refractivity contribution in [2.45, 2.75) is 55.6 Å². The number of benzene rings is 2. The molecule has 0 spiro atoms. The number of sulfone groups is 1. The third-order valence-corrected chi connectivity index (χ3v) is 9.62. The fourth-order valence-corrected chi connectivity index (χ4v) is 6.95. The number of carbonyl (C=O) groups is 1. The lowest BCUT2D eigenvalue weighted by Crippen LogP contribution is -2.59. The Morgan fingerprint density at radius 3 is 2.54 bits per heavy atom. The Morgan fingerprint density at radius 2 is 1.90 bits per heavy atom. The van der Waals surface area contributed by atoms with E-state index in [0.29, 0.717) is 19.8 Å². The minimum atomic E-state index is -4.57. The highest BCUT2D eigenvalue weighted by molar-refractivity contribution is 7.90. The molecule has 2 aromatic carbocycles. The van der Waals surface area contributed by atoms with E-state index in [1.165, 1.54) is 19.2 Å². The SMILES string of the molecule is COc1cc(F)c(S(C)(=O)=O)cc1NCC#Cc1cc(C(=O)N[C@@H]2[C@@H](C)CN(C3CCOCC3)C[C@@H]2F)c2ncn(CC(F)(F)F)c2c1. The van der Waals surface area contributed by atoms with Gasteiger partial charge in [0.1, 0.15) is 34.7 Å². The maximum Gasteiger partial charge on any atom is 0.406 e. The molecule has 2 aliphatic rings. The number of halogens is 5. The van der Waals surface area contributed by atoms with Crippen LogP contribution in [-0.2, 0) is 21.1 Å². The molecule has 2 aliphatic heterocycles. The number of nitrogens with zero attached hydrogens (tertiary/aromatic N) is 3. The third-order valence-electron chi connectivity index (χ3n) is 8.51. The standard InChI is InChI=1S/C32H36F5N5O5S/c1-19-15-41(21-6-9-47-10-7-21)16-24(34)29(19)40-31(43)22-11-20(12-26-30(22)39-18-42(26)17-32(35,36)37)5-4-8-38-25-14-28(48(3,44)45)23(33)13-27(25)46-2/h11-14,18-19,21,24,29,38H,6-10,15-17H2,1-3H3,(H,40,43)/t19-,24-,29+/m0/s1. The summed E-state index contributed by atoms with van der Waals surface area (Å²) in [5, 5.41) is 5.62. The number of fused-ring (bicyclic) bond motifs is 1. The number of hydrogen-bond donors (Lipinski definition) is 2. The topological polar surface area (TPSA) is 115 Å². The predicted molar refractivity (Wildman–Crippen MR) is 168 cm³/mol. The monoisotopic (exact) mass is 697 g/mol. The summed E-state index contributed by atoms with van der Waals surface area (Å²) in [6.07, 6.45) is -2.50. The van der Waals surface area contributed by atoms with Crippen LogP contribution in [0.25, 0.3) is 11.0 Å². The summed E-state index contributed by atoms with van der Waals surface area (Å²) in [5.41, 5.74) is 0.280. The molecular formula is C32H36F5N5O5S. The first kappa shape index (κ1) is 35.4. The number of alkyl halides is 4. The second-order valence-electron chi connectivity index (χ2n) is 12.1. The summed E-state index contributed by atoms with van der Waals surface area (Å²) in [5.74, 6) is 3.67. The van der Waals surface area contributed by atoms with Gasteiger partial charge in [0.15, 0.2) is 9.84 Å². The van der Waals surface area contributed by atoms with E-state index in [2.05, 4.69) is 32.4 Å². The van der Waals surface area contributed by atoms with E-state index >= 15 is 4.39 Å². The Morgan fingerprint density at radius 1 is 1.17 bits per heavy atom. The number of piperidine rings is 1. The Balaban J connectivity index is 1.40. The van der Waals surface area contributed by atoms with E-state index < -0.39 is 51.4 Å². The lowest BCUT2D eigenvalue weighted by molar-refractivity contribution is -0.139. The Hall–Kier alpha value is -3.94. The zero-order chi connectivity index (χ0) is 34.8. The Kier molecular flexibility index (Phi) is 10.5. The summed E-state index contributed by atoms with van der Waals surface area (Å²) in [6, 6.07) is 4.11. The van der Waals surface area contributed by atoms with Gasteiger partial charge in [0.25, 0.3) is 5.91 Å². The molecule has 1 amide bonds. The molecule has 10 nitrogen and oxygen atoms in total. The van der Waals surface area contributed by atoms with Crippen LogP contribution >= 0.6 is 0 Å². The molecule has 0 aliphatic carbocycles. The van der Waals surface area contributed by atoms with E-state index in [-0.39, 0.29) is 58.6 Å². The molecule has 0 radical (unpaired) electrons. The van der Waals surface area contributed by atoms with Crippen molar-refractivity contribution in [2.24, 2.45) is 5.92 Å². The van der Waals surface area contributed by atoms with Crippen LogP contribution in [0.4, 0.5) is 27.6 Å². The third kappa shape index (κ3) is 8.19. The van der Waals surface area contributed by atoms with E-state index in [9.17, 15) is 30.8 Å². The lowest BCUT2D eigenvalue weighted by atomic mass is 9.89. The molecular weight excluding hydrogens is 661 g/mol. The fraction of sp³-hybridized carbons (Fsp3) is 0.500. The number of aromatic nitrogens is 2. The lowest BCUT2D eigenvalue weighted by Gasteiger charge is -2.44. The number of carbonyl (C=O) groups excluding carboxylic acids is 1. The molecule has 3 atom stereocenters. The molecule has 16 heteroatoms. The molecule has 2 N–H and O–H groups in total. The van der Waals surface area contributed by atoms with Gasteiger partial charge in [0, 0.05) is 50.2 Å². The van der Waals surface area contributed by atoms with Crippen molar-refractivity contribution in [3.63, 3.8) is 0 Å². The molecule has 0 saturated carbocycles. The summed E-state index contributed by atoms with van der Waals surface area (Å²) in [4.78, 5) is 19.3. The maximum absolute atomic E-state index is 15.5. The zero-order valence-corrected chi connectivity index (χ0v) is 27.4. The number of rotatable bonds is 8. The van der Waals surface area contributed by atoms with Gasteiger partial charge in [-0.1, -0.05) is 18.8 Å². The van der Waals surface area contributed by atoms with Crippen LogP contribution in [0.15, 0.2) is 35.5 Å². The number of anilines is 1. The molecule has 0 bridgehead atoms.